The molecule has 1 aromatic carbocycles. The minimum atomic E-state index is -0.676. The molecule has 0 spiro atoms. The molecule has 0 fully saturated rings. The molecule has 0 aliphatic carbocycles. The second kappa shape index (κ2) is 4.29. The smallest absolute Gasteiger partial charge is 0.354 e. The highest BCUT2D eigenvalue weighted by Crippen LogP contribution is 2.21. The number of fused-ring (bicyclic) bond motifs is 1. The number of pyridine rings is 1. The summed E-state index contributed by atoms with van der Waals surface area (Å²) in [5.41, 5.74) is -0.154. The maximum absolute atomic E-state index is 13.2. The number of esters is 1. The number of methoxy groups -OCH3 is 1. The van der Waals surface area contributed by atoms with E-state index in [1.165, 1.54) is 13.2 Å². The van der Waals surface area contributed by atoms with Crippen LogP contribution in [0, 0.1) is 5.82 Å². The lowest BCUT2D eigenvalue weighted by Gasteiger charge is -2.04. The van der Waals surface area contributed by atoms with E-state index in [0.717, 1.165) is 12.1 Å². The van der Waals surface area contributed by atoms with Gasteiger partial charge >= 0.3 is 5.97 Å². The molecule has 0 atom stereocenters. The van der Waals surface area contributed by atoms with Crippen molar-refractivity contribution in [3.63, 3.8) is 0 Å². The van der Waals surface area contributed by atoms with Crippen LogP contribution in [-0.2, 0) is 4.74 Å². The van der Waals surface area contributed by atoms with Gasteiger partial charge in [0, 0.05) is 10.5 Å². The molecular weight excluding hydrogens is 293 g/mol. The molecule has 1 aromatic heterocycles. The number of ether oxygens (including phenoxy) is 1. The van der Waals surface area contributed by atoms with E-state index in [1.54, 1.807) is 0 Å². The highest BCUT2D eigenvalue weighted by Gasteiger charge is 2.12. The Bertz CT molecular complexity index is 666. The van der Waals surface area contributed by atoms with Crippen LogP contribution in [-0.4, -0.2) is 18.1 Å². The summed E-state index contributed by atoms with van der Waals surface area (Å²) in [5.74, 6) is -1.19. The molecule has 2 rings (SSSR count). The van der Waals surface area contributed by atoms with E-state index in [4.69, 9.17) is 0 Å². The van der Waals surface area contributed by atoms with Crippen LogP contribution >= 0.6 is 15.9 Å². The van der Waals surface area contributed by atoms with Crippen LogP contribution in [0.2, 0.25) is 0 Å². The molecule has 0 radical (unpaired) electrons. The van der Waals surface area contributed by atoms with Gasteiger partial charge in [0.1, 0.15) is 11.5 Å². The monoisotopic (exact) mass is 299 g/mol. The first kappa shape index (κ1) is 11.8. The van der Waals surface area contributed by atoms with Crippen LogP contribution in [0.3, 0.4) is 0 Å². The van der Waals surface area contributed by atoms with Crippen molar-refractivity contribution in [2.45, 2.75) is 0 Å². The van der Waals surface area contributed by atoms with Crippen molar-refractivity contribution in [2.24, 2.45) is 0 Å². The van der Waals surface area contributed by atoms with Crippen molar-refractivity contribution in [3.8, 4) is 0 Å². The van der Waals surface area contributed by atoms with E-state index < -0.39 is 11.8 Å². The molecule has 0 bridgehead atoms. The Morgan fingerprint density at radius 1 is 1.41 bits per heavy atom. The number of carbonyl (C=O) groups is 1. The quantitative estimate of drug-likeness (QED) is 0.822. The van der Waals surface area contributed by atoms with Crippen LogP contribution in [0.4, 0.5) is 4.39 Å². The van der Waals surface area contributed by atoms with Crippen LogP contribution in [0.15, 0.2) is 27.5 Å². The highest BCUT2D eigenvalue weighted by atomic mass is 79.9. The van der Waals surface area contributed by atoms with E-state index in [0.29, 0.717) is 9.86 Å². The van der Waals surface area contributed by atoms with Crippen molar-refractivity contribution in [2.75, 3.05) is 7.11 Å². The SMILES string of the molecule is COC(=O)c1cc(=O)c2c(Br)cc(F)cc2[nH]1. The zero-order chi connectivity index (χ0) is 12.6. The van der Waals surface area contributed by atoms with Crippen molar-refractivity contribution in [1.82, 2.24) is 4.98 Å². The van der Waals surface area contributed by atoms with Gasteiger partial charge in [0.05, 0.1) is 18.0 Å². The first-order valence-electron chi connectivity index (χ1n) is 4.63. The zero-order valence-corrected chi connectivity index (χ0v) is 10.3. The number of aromatic nitrogens is 1. The number of carbonyl (C=O) groups excluding carboxylic acids is 1. The summed E-state index contributed by atoms with van der Waals surface area (Å²) in [6.07, 6.45) is 0. The minimum Gasteiger partial charge on any atom is -0.464 e. The van der Waals surface area contributed by atoms with Gasteiger partial charge < -0.3 is 9.72 Å². The topological polar surface area (TPSA) is 59.2 Å². The molecule has 0 saturated heterocycles. The van der Waals surface area contributed by atoms with Crippen molar-refractivity contribution in [1.29, 1.82) is 0 Å². The maximum Gasteiger partial charge on any atom is 0.354 e. The van der Waals surface area contributed by atoms with Crippen molar-refractivity contribution < 1.29 is 13.9 Å². The summed E-state index contributed by atoms with van der Waals surface area (Å²) < 4.78 is 18.0. The van der Waals surface area contributed by atoms with Crippen molar-refractivity contribution >= 4 is 32.8 Å². The first-order chi connectivity index (χ1) is 8.02. The van der Waals surface area contributed by atoms with Crippen LogP contribution < -0.4 is 5.43 Å². The molecule has 0 amide bonds. The second-order valence-corrected chi connectivity index (χ2v) is 4.20. The molecule has 0 aliphatic rings. The Morgan fingerprint density at radius 3 is 2.76 bits per heavy atom. The Morgan fingerprint density at radius 2 is 2.12 bits per heavy atom. The van der Waals surface area contributed by atoms with E-state index in [-0.39, 0.29) is 16.6 Å². The third-order valence-corrected chi connectivity index (χ3v) is 2.88. The largest absolute Gasteiger partial charge is 0.464 e. The van der Waals surface area contributed by atoms with Gasteiger partial charge in [-0.25, -0.2) is 9.18 Å². The Labute approximate surface area is 104 Å². The fourth-order valence-electron chi connectivity index (χ4n) is 1.53. The van der Waals surface area contributed by atoms with Gasteiger partial charge in [0.25, 0.3) is 0 Å². The Balaban J connectivity index is 2.82. The molecule has 17 heavy (non-hydrogen) atoms. The lowest BCUT2D eigenvalue weighted by molar-refractivity contribution is 0.0594. The summed E-state index contributed by atoms with van der Waals surface area (Å²) in [4.78, 5) is 25.7. The minimum absolute atomic E-state index is 0.0116. The number of H-pyrrole nitrogens is 1. The van der Waals surface area contributed by atoms with Gasteiger partial charge in [-0.3, -0.25) is 4.79 Å². The van der Waals surface area contributed by atoms with E-state index >= 15 is 0 Å². The third-order valence-electron chi connectivity index (χ3n) is 2.25. The molecule has 6 heteroatoms. The zero-order valence-electron chi connectivity index (χ0n) is 8.71. The fourth-order valence-corrected chi connectivity index (χ4v) is 2.15. The molecule has 0 unspecified atom stereocenters. The molecule has 2 aromatic rings. The first-order valence-corrected chi connectivity index (χ1v) is 5.42. The van der Waals surface area contributed by atoms with E-state index in [1.807, 2.05) is 0 Å². The number of nitrogens with one attached hydrogen (secondary N) is 1. The summed E-state index contributed by atoms with van der Waals surface area (Å²) >= 11 is 3.10. The van der Waals surface area contributed by atoms with E-state index in [2.05, 4.69) is 25.7 Å². The second-order valence-electron chi connectivity index (χ2n) is 3.35. The number of rotatable bonds is 1. The molecule has 0 saturated carbocycles. The maximum atomic E-state index is 13.2. The normalized spacial score (nSPS) is 10.5. The summed E-state index contributed by atoms with van der Waals surface area (Å²) in [6.45, 7) is 0. The molecule has 88 valence electrons. The molecule has 0 aliphatic heterocycles. The highest BCUT2D eigenvalue weighted by molar-refractivity contribution is 9.10. The van der Waals surface area contributed by atoms with Crippen LogP contribution in [0.5, 0.6) is 0 Å². The third kappa shape index (κ3) is 2.08. The summed E-state index contributed by atoms with van der Waals surface area (Å²) in [5, 5.41) is 0.291. The van der Waals surface area contributed by atoms with Gasteiger partial charge in [0.2, 0.25) is 0 Å². The predicted octanol–water partition coefficient (Wildman–Crippen LogP) is 2.22. The predicted molar refractivity (Wildman–Crippen MR) is 63.6 cm³/mol. The Hall–Kier alpha value is -1.69. The van der Waals surface area contributed by atoms with Gasteiger partial charge in [-0.1, -0.05) is 0 Å². The lowest BCUT2D eigenvalue weighted by Crippen LogP contribution is -2.11. The average Bonchev–Trinajstić information content (AvgIpc) is 2.26. The molecule has 1 heterocycles. The van der Waals surface area contributed by atoms with E-state index in [9.17, 15) is 14.0 Å². The van der Waals surface area contributed by atoms with Gasteiger partial charge in [-0.15, -0.1) is 0 Å². The van der Waals surface area contributed by atoms with Gasteiger partial charge in [-0.2, -0.15) is 0 Å². The number of hydrogen-bond donors (Lipinski definition) is 1. The Kier molecular flexibility index (Phi) is 2.97. The van der Waals surface area contributed by atoms with Crippen LogP contribution in [0.1, 0.15) is 10.5 Å². The summed E-state index contributed by atoms with van der Waals surface area (Å²) in [6, 6.07) is 3.46. The number of benzene rings is 1. The van der Waals surface area contributed by atoms with Gasteiger partial charge in [0.15, 0.2) is 5.43 Å². The average molecular weight is 300 g/mol. The van der Waals surface area contributed by atoms with Crippen LogP contribution in [0.25, 0.3) is 10.9 Å². The van der Waals surface area contributed by atoms with Crippen molar-refractivity contribution in [3.05, 3.63) is 44.4 Å². The number of hydrogen-bond acceptors (Lipinski definition) is 3. The number of halogens is 2. The molecule has 4 nitrogen and oxygen atoms in total. The fraction of sp³-hybridized carbons (Fsp3) is 0.0909. The summed E-state index contributed by atoms with van der Waals surface area (Å²) in [7, 11) is 1.20. The molecular formula is C11H7BrFNO3. The lowest BCUT2D eigenvalue weighted by atomic mass is 10.2. The standard InChI is InChI=1S/C11H7BrFNO3/c1-17-11(16)8-4-9(15)10-6(12)2-5(13)3-7(10)14-8/h2-4H,1H3,(H,14,15). The number of aromatic amines is 1. The molecule has 1 N–H and O–H groups in total. The van der Waals surface area contributed by atoms with Gasteiger partial charge in [-0.05, 0) is 28.1 Å².